The van der Waals surface area contributed by atoms with E-state index in [0.29, 0.717) is 55.8 Å². The monoisotopic (exact) mass is 524 g/mol. The predicted molar refractivity (Wildman–Crippen MR) is 137 cm³/mol. The van der Waals surface area contributed by atoms with Crippen LogP contribution < -0.4 is 4.74 Å². The zero-order valence-electron chi connectivity index (χ0n) is 18.1. The van der Waals surface area contributed by atoms with Crippen molar-refractivity contribution in [3.05, 3.63) is 87.2 Å². The molecule has 10 heteroatoms. The highest BCUT2D eigenvalue weighted by Gasteiger charge is 2.13. The van der Waals surface area contributed by atoms with E-state index < -0.39 is 0 Å². The molecule has 35 heavy (non-hydrogen) atoms. The first kappa shape index (κ1) is 24.5. The molecule has 0 saturated heterocycles. The van der Waals surface area contributed by atoms with Crippen molar-refractivity contribution < 1.29 is 14.3 Å². The van der Waals surface area contributed by atoms with Crippen LogP contribution in [0.4, 0.5) is 0 Å². The second-order valence-electron chi connectivity index (χ2n) is 7.10. The van der Waals surface area contributed by atoms with Crippen LogP contribution in [-0.4, -0.2) is 39.6 Å². The molecule has 3 heterocycles. The van der Waals surface area contributed by atoms with Gasteiger partial charge in [0.25, 0.3) is 0 Å². The van der Waals surface area contributed by atoms with Gasteiger partial charge in [-0.25, -0.2) is 15.0 Å². The molecule has 3 aromatic heterocycles. The van der Waals surface area contributed by atoms with Gasteiger partial charge in [0.05, 0.1) is 46.1 Å². The third-order valence-corrected chi connectivity index (χ3v) is 5.83. The largest absolute Gasteiger partial charge is 0.480 e. The van der Waals surface area contributed by atoms with Crippen LogP contribution in [-0.2, 0) is 0 Å². The molecule has 0 N–H and O–H groups in total. The Morgan fingerprint density at radius 2 is 1.37 bits per heavy atom. The predicted octanol–water partition coefficient (Wildman–Crippen LogP) is 6.52. The molecule has 0 spiro atoms. The molecule has 0 amide bonds. The molecule has 0 aliphatic heterocycles. The summed E-state index contributed by atoms with van der Waals surface area (Å²) in [6.07, 6.45) is 4.43. The highest BCUT2D eigenvalue weighted by molar-refractivity contribution is 6.36. The minimum atomic E-state index is 0.181. The highest BCUT2D eigenvalue weighted by Crippen LogP contribution is 2.28. The number of aldehydes is 2. The number of ether oxygens (including phenoxy) is 1. The molecule has 0 fully saturated rings. The Morgan fingerprint density at radius 3 is 1.97 bits per heavy atom. The van der Waals surface area contributed by atoms with Gasteiger partial charge in [0.15, 0.2) is 12.6 Å². The molecular weight excluding hydrogens is 511 g/mol. The number of para-hydroxylation sites is 2. The number of pyridine rings is 2. The zero-order chi connectivity index (χ0) is 24.9. The number of carbonyl (C=O) groups excluding carboxylic acids is 2. The Hall–Kier alpha value is -3.65. The zero-order valence-corrected chi connectivity index (χ0v) is 20.3. The van der Waals surface area contributed by atoms with Crippen LogP contribution in [0.25, 0.3) is 33.2 Å². The molecule has 0 bridgehead atoms. The second-order valence-corrected chi connectivity index (χ2v) is 8.27. The Balaban J connectivity index is 0.000000179. The summed E-state index contributed by atoms with van der Waals surface area (Å²) >= 11 is 17.8. The number of fused-ring (bicyclic) bond motifs is 2. The lowest BCUT2D eigenvalue weighted by Crippen LogP contribution is -1.98. The van der Waals surface area contributed by atoms with Crippen molar-refractivity contribution in [2.24, 2.45) is 0 Å². The van der Waals surface area contributed by atoms with E-state index in [1.54, 1.807) is 30.3 Å². The Labute approximate surface area is 214 Å². The summed E-state index contributed by atoms with van der Waals surface area (Å²) in [5.41, 5.74) is 2.91. The van der Waals surface area contributed by atoms with Gasteiger partial charge < -0.3 is 4.74 Å². The molecule has 5 rings (SSSR count). The van der Waals surface area contributed by atoms with Gasteiger partial charge in [0, 0.05) is 16.3 Å². The van der Waals surface area contributed by atoms with Crippen LogP contribution >= 0.6 is 34.8 Å². The van der Waals surface area contributed by atoms with Crippen molar-refractivity contribution >= 4 is 69.2 Å². The molecule has 0 aliphatic carbocycles. The molecule has 0 atom stereocenters. The van der Waals surface area contributed by atoms with Crippen molar-refractivity contribution in [1.82, 2.24) is 19.9 Å². The maximum absolute atomic E-state index is 11.3. The van der Waals surface area contributed by atoms with E-state index in [0.717, 1.165) is 17.1 Å². The van der Waals surface area contributed by atoms with Crippen molar-refractivity contribution in [3.63, 3.8) is 0 Å². The third-order valence-electron chi connectivity index (χ3n) is 4.92. The minimum Gasteiger partial charge on any atom is -0.480 e. The van der Waals surface area contributed by atoms with Crippen LogP contribution in [0, 0.1) is 0 Å². The van der Waals surface area contributed by atoms with Gasteiger partial charge in [-0.1, -0.05) is 59.1 Å². The number of benzene rings is 2. The number of aromatic nitrogens is 4. The Morgan fingerprint density at radius 1 is 0.771 bits per heavy atom. The fourth-order valence-corrected chi connectivity index (χ4v) is 3.90. The fraction of sp³-hybridized carbons (Fsp3) is 0.0400. The van der Waals surface area contributed by atoms with Crippen LogP contribution in [0.5, 0.6) is 5.88 Å². The summed E-state index contributed by atoms with van der Waals surface area (Å²) in [5.74, 6) is 0.352. The average molecular weight is 526 g/mol. The number of carbonyl (C=O) groups is 2. The summed E-state index contributed by atoms with van der Waals surface area (Å²) in [5, 5.41) is 2.83. The maximum atomic E-state index is 11.3. The van der Waals surface area contributed by atoms with E-state index in [1.807, 2.05) is 18.2 Å². The summed E-state index contributed by atoms with van der Waals surface area (Å²) in [6, 6.07) is 14.2. The molecule has 0 aliphatic rings. The molecule has 0 unspecified atom stereocenters. The first-order valence-electron chi connectivity index (χ1n) is 10.1. The van der Waals surface area contributed by atoms with Crippen molar-refractivity contribution in [1.29, 1.82) is 0 Å². The van der Waals surface area contributed by atoms with Crippen LogP contribution in [0.2, 0.25) is 15.2 Å². The van der Waals surface area contributed by atoms with Crippen molar-refractivity contribution in [2.45, 2.75) is 0 Å². The maximum Gasteiger partial charge on any atom is 0.232 e. The van der Waals surface area contributed by atoms with Crippen LogP contribution in [0.1, 0.15) is 20.7 Å². The number of methoxy groups -OCH3 is 1. The van der Waals surface area contributed by atoms with Crippen LogP contribution in [0.15, 0.2) is 60.9 Å². The standard InChI is InChI=1S/C15H10ClN3O2.C10H5Cl2NO/c1-21-13-7-17-6-12(18-13)15-10(8-20)5-9-3-2-4-11(16)14(9)19-15;11-8-3-1-2-6-4-7(5-14)10(12)13-9(6)8/h2-8H,1H3;1-5H. The molecule has 7 nitrogen and oxygen atoms in total. The second kappa shape index (κ2) is 10.7. The molecule has 0 saturated carbocycles. The summed E-state index contributed by atoms with van der Waals surface area (Å²) in [6.45, 7) is 0. The van der Waals surface area contributed by atoms with Crippen molar-refractivity contribution in [2.75, 3.05) is 7.11 Å². The normalized spacial score (nSPS) is 10.5. The molecule has 5 aromatic rings. The van der Waals surface area contributed by atoms with Crippen molar-refractivity contribution in [3.8, 4) is 17.3 Å². The quantitative estimate of drug-likeness (QED) is 0.195. The lowest BCUT2D eigenvalue weighted by molar-refractivity contribution is 0.111. The van der Waals surface area contributed by atoms with E-state index in [2.05, 4.69) is 19.9 Å². The molecule has 2 aromatic carbocycles. The van der Waals surface area contributed by atoms with Crippen LogP contribution in [0.3, 0.4) is 0 Å². The van der Waals surface area contributed by atoms with E-state index in [4.69, 9.17) is 39.5 Å². The molecular formula is C25H15Cl3N4O3. The van der Waals surface area contributed by atoms with Gasteiger partial charge in [-0.15, -0.1) is 0 Å². The van der Waals surface area contributed by atoms with Gasteiger partial charge in [-0.2, -0.15) is 0 Å². The van der Waals surface area contributed by atoms with Gasteiger partial charge in [-0.3, -0.25) is 14.6 Å². The Kier molecular flexibility index (Phi) is 7.51. The summed E-state index contributed by atoms with van der Waals surface area (Å²) in [7, 11) is 1.50. The first-order valence-corrected chi connectivity index (χ1v) is 11.2. The lowest BCUT2D eigenvalue weighted by atomic mass is 10.1. The third kappa shape index (κ3) is 5.22. The number of nitrogens with zero attached hydrogens (tertiary/aromatic N) is 4. The first-order chi connectivity index (χ1) is 16.9. The number of halogens is 3. The summed E-state index contributed by atoms with van der Waals surface area (Å²) in [4.78, 5) is 38.7. The topological polar surface area (TPSA) is 94.9 Å². The SMILES string of the molecule is COc1cncc(-c2nc3c(Cl)cccc3cc2C=O)n1.O=Cc1cc2cccc(Cl)c2nc1Cl. The van der Waals surface area contributed by atoms with E-state index in [-0.39, 0.29) is 5.15 Å². The van der Waals surface area contributed by atoms with Gasteiger partial charge >= 0.3 is 0 Å². The molecule has 0 radical (unpaired) electrons. The Bertz CT molecular complexity index is 1580. The number of rotatable bonds is 4. The number of hydrogen-bond donors (Lipinski definition) is 0. The highest BCUT2D eigenvalue weighted by atomic mass is 35.5. The average Bonchev–Trinajstić information content (AvgIpc) is 2.89. The summed E-state index contributed by atoms with van der Waals surface area (Å²) < 4.78 is 5.05. The fourth-order valence-electron chi connectivity index (χ4n) is 3.27. The minimum absolute atomic E-state index is 0.181. The van der Waals surface area contributed by atoms with Gasteiger partial charge in [-0.05, 0) is 24.3 Å². The van der Waals surface area contributed by atoms with E-state index >= 15 is 0 Å². The van der Waals surface area contributed by atoms with E-state index in [9.17, 15) is 9.59 Å². The lowest BCUT2D eigenvalue weighted by Gasteiger charge is -2.07. The van der Waals surface area contributed by atoms with Gasteiger partial charge in [0.2, 0.25) is 5.88 Å². The number of hydrogen-bond acceptors (Lipinski definition) is 7. The van der Waals surface area contributed by atoms with E-state index in [1.165, 1.54) is 19.5 Å². The smallest absolute Gasteiger partial charge is 0.232 e. The van der Waals surface area contributed by atoms with Gasteiger partial charge in [0.1, 0.15) is 16.5 Å². The molecule has 174 valence electrons.